The van der Waals surface area contributed by atoms with Gasteiger partial charge in [0.15, 0.2) is 0 Å². The highest BCUT2D eigenvalue weighted by Crippen LogP contribution is 2.32. The van der Waals surface area contributed by atoms with Crippen LogP contribution in [0.25, 0.3) is 10.9 Å². The summed E-state index contributed by atoms with van der Waals surface area (Å²) in [5.74, 6) is 0.0702. The van der Waals surface area contributed by atoms with Crippen LogP contribution in [-0.2, 0) is 0 Å². The van der Waals surface area contributed by atoms with Gasteiger partial charge in [0.25, 0.3) is 5.91 Å². The minimum Gasteiger partial charge on any atom is -0.396 e. The molecule has 24 heavy (non-hydrogen) atoms. The second-order valence-electron chi connectivity index (χ2n) is 6.28. The molecule has 3 heterocycles. The van der Waals surface area contributed by atoms with Crippen LogP contribution in [0.1, 0.15) is 22.1 Å². The third-order valence-corrected chi connectivity index (χ3v) is 4.79. The third kappa shape index (κ3) is 2.57. The van der Waals surface area contributed by atoms with E-state index in [-0.39, 0.29) is 24.3 Å². The predicted molar refractivity (Wildman–Crippen MR) is 91.8 cm³/mol. The van der Waals surface area contributed by atoms with Crippen molar-refractivity contribution >= 4 is 16.8 Å². The Morgan fingerprint density at radius 1 is 1.21 bits per heavy atom. The van der Waals surface area contributed by atoms with Crippen molar-refractivity contribution in [2.75, 3.05) is 19.7 Å². The van der Waals surface area contributed by atoms with E-state index in [1.165, 1.54) is 0 Å². The number of nitrogens with one attached hydrogen (secondary N) is 1. The number of fused-ring (bicyclic) bond motifs is 1. The lowest BCUT2D eigenvalue weighted by Crippen LogP contribution is -2.29. The van der Waals surface area contributed by atoms with Gasteiger partial charge in [-0.15, -0.1) is 0 Å². The SMILES string of the molecule is O=C(c1cc2ccccc2[nH]1)N1C[C@@H](CO)[C@H](c2ccccn2)C1. The molecule has 3 aromatic rings. The Kier molecular flexibility index (Phi) is 3.78. The molecule has 5 nitrogen and oxygen atoms in total. The Morgan fingerprint density at radius 2 is 2.04 bits per heavy atom. The molecule has 5 heteroatoms. The average molecular weight is 321 g/mol. The number of carbonyl (C=O) groups is 1. The molecule has 1 aliphatic rings. The Balaban J connectivity index is 1.59. The summed E-state index contributed by atoms with van der Waals surface area (Å²) in [5, 5.41) is 10.7. The molecule has 0 bridgehead atoms. The van der Waals surface area contributed by atoms with E-state index in [9.17, 15) is 9.90 Å². The number of amides is 1. The Morgan fingerprint density at radius 3 is 2.79 bits per heavy atom. The fourth-order valence-corrected chi connectivity index (χ4v) is 3.51. The number of aliphatic hydroxyl groups is 1. The van der Waals surface area contributed by atoms with Crippen LogP contribution in [0.15, 0.2) is 54.7 Å². The Hall–Kier alpha value is -2.66. The van der Waals surface area contributed by atoms with Gasteiger partial charge in [-0.1, -0.05) is 24.3 Å². The van der Waals surface area contributed by atoms with Gasteiger partial charge in [-0.25, -0.2) is 0 Å². The lowest BCUT2D eigenvalue weighted by atomic mass is 9.93. The number of rotatable bonds is 3. The zero-order chi connectivity index (χ0) is 16.5. The summed E-state index contributed by atoms with van der Waals surface area (Å²) in [6.45, 7) is 1.18. The highest BCUT2D eigenvalue weighted by molar-refractivity contribution is 5.98. The van der Waals surface area contributed by atoms with E-state index in [4.69, 9.17) is 0 Å². The maximum absolute atomic E-state index is 12.8. The lowest BCUT2D eigenvalue weighted by Gasteiger charge is -2.15. The van der Waals surface area contributed by atoms with Crippen LogP contribution < -0.4 is 0 Å². The second-order valence-corrected chi connectivity index (χ2v) is 6.28. The smallest absolute Gasteiger partial charge is 0.270 e. The summed E-state index contributed by atoms with van der Waals surface area (Å²) in [7, 11) is 0. The summed E-state index contributed by atoms with van der Waals surface area (Å²) in [6, 6.07) is 15.5. The molecule has 2 N–H and O–H groups in total. The molecule has 1 aromatic carbocycles. The van der Waals surface area contributed by atoms with Crippen molar-refractivity contribution in [1.29, 1.82) is 0 Å². The minimum atomic E-state index is -0.0249. The van der Waals surface area contributed by atoms with Crippen molar-refractivity contribution in [3.8, 4) is 0 Å². The number of H-pyrrole nitrogens is 1. The van der Waals surface area contributed by atoms with Crippen molar-refractivity contribution in [2.45, 2.75) is 5.92 Å². The normalized spacial score (nSPS) is 20.6. The number of hydrogen-bond donors (Lipinski definition) is 2. The number of likely N-dealkylation sites (tertiary alicyclic amines) is 1. The molecule has 4 rings (SSSR count). The van der Waals surface area contributed by atoms with Crippen LogP contribution in [0.5, 0.6) is 0 Å². The number of pyridine rings is 1. The topological polar surface area (TPSA) is 69.2 Å². The number of benzene rings is 1. The van der Waals surface area contributed by atoms with E-state index in [0.29, 0.717) is 18.8 Å². The molecule has 2 aromatic heterocycles. The van der Waals surface area contributed by atoms with Gasteiger partial charge in [0.05, 0.1) is 0 Å². The first-order valence-corrected chi connectivity index (χ1v) is 8.15. The van der Waals surface area contributed by atoms with E-state index in [2.05, 4.69) is 9.97 Å². The van der Waals surface area contributed by atoms with Gasteiger partial charge in [-0.05, 0) is 24.3 Å². The van der Waals surface area contributed by atoms with Gasteiger partial charge in [0.2, 0.25) is 0 Å². The highest BCUT2D eigenvalue weighted by Gasteiger charge is 2.37. The largest absolute Gasteiger partial charge is 0.396 e. The summed E-state index contributed by atoms with van der Waals surface area (Å²) < 4.78 is 0. The van der Waals surface area contributed by atoms with Crippen molar-refractivity contribution in [1.82, 2.24) is 14.9 Å². The van der Waals surface area contributed by atoms with E-state index in [1.54, 1.807) is 6.20 Å². The first-order chi connectivity index (χ1) is 11.8. The maximum Gasteiger partial charge on any atom is 0.270 e. The summed E-state index contributed by atoms with van der Waals surface area (Å²) in [4.78, 5) is 22.3. The molecular weight excluding hydrogens is 302 g/mol. The van der Waals surface area contributed by atoms with Gasteiger partial charge in [-0.3, -0.25) is 9.78 Å². The minimum absolute atomic E-state index is 0.0215. The molecule has 0 spiro atoms. The highest BCUT2D eigenvalue weighted by atomic mass is 16.3. The fraction of sp³-hybridized carbons (Fsp3) is 0.263. The molecular formula is C19H19N3O2. The van der Waals surface area contributed by atoms with Crippen molar-refractivity contribution in [2.24, 2.45) is 5.92 Å². The molecule has 1 fully saturated rings. The molecule has 122 valence electrons. The van der Waals surface area contributed by atoms with Crippen LogP contribution in [0.4, 0.5) is 0 Å². The number of nitrogens with zero attached hydrogens (tertiary/aromatic N) is 2. The number of aliphatic hydroxyl groups excluding tert-OH is 1. The maximum atomic E-state index is 12.8. The monoisotopic (exact) mass is 321 g/mol. The molecule has 2 atom stereocenters. The molecule has 0 radical (unpaired) electrons. The summed E-state index contributed by atoms with van der Waals surface area (Å²) in [5.41, 5.74) is 2.48. The predicted octanol–water partition coefficient (Wildman–Crippen LogP) is 2.41. The molecule has 0 aliphatic carbocycles. The first kappa shape index (κ1) is 14.9. The molecule has 0 saturated carbocycles. The third-order valence-electron chi connectivity index (χ3n) is 4.79. The number of hydrogen-bond acceptors (Lipinski definition) is 3. The quantitative estimate of drug-likeness (QED) is 0.778. The van der Waals surface area contributed by atoms with Gasteiger partial charge >= 0.3 is 0 Å². The van der Waals surface area contributed by atoms with Crippen LogP contribution in [0.3, 0.4) is 0 Å². The molecule has 1 amide bonds. The van der Waals surface area contributed by atoms with E-state index in [0.717, 1.165) is 16.6 Å². The molecule has 1 aliphatic heterocycles. The Bertz CT molecular complexity index is 826. The fourth-order valence-electron chi connectivity index (χ4n) is 3.51. The second kappa shape index (κ2) is 6.09. The van der Waals surface area contributed by atoms with Gasteiger partial charge in [0, 0.05) is 54.3 Å². The zero-order valence-corrected chi connectivity index (χ0v) is 13.2. The van der Waals surface area contributed by atoms with E-state index in [1.807, 2.05) is 53.4 Å². The summed E-state index contributed by atoms with van der Waals surface area (Å²) in [6.07, 6.45) is 1.76. The number of para-hydroxylation sites is 1. The number of carbonyl (C=O) groups excluding carboxylic acids is 1. The van der Waals surface area contributed by atoms with Crippen molar-refractivity contribution in [3.05, 3.63) is 66.1 Å². The van der Waals surface area contributed by atoms with Crippen LogP contribution in [0.2, 0.25) is 0 Å². The zero-order valence-electron chi connectivity index (χ0n) is 13.2. The summed E-state index contributed by atoms with van der Waals surface area (Å²) >= 11 is 0. The Labute approximate surface area is 139 Å². The first-order valence-electron chi connectivity index (χ1n) is 8.15. The van der Waals surface area contributed by atoms with Crippen LogP contribution in [0, 0.1) is 5.92 Å². The van der Waals surface area contributed by atoms with Crippen molar-refractivity contribution in [3.63, 3.8) is 0 Å². The van der Waals surface area contributed by atoms with Crippen molar-refractivity contribution < 1.29 is 9.90 Å². The lowest BCUT2D eigenvalue weighted by molar-refractivity contribution is 0.0776. The van der Waals surface area contributed by atoms with Crippen LogP contribution in [-0.4, -0.2) is 45.6 Å². The molecule has 0 unspecified atom stereocenters. The number of aromatic nitrogens is 2. The standard InChI is InChI=1S/C19H19N3O2/c23-12-14-10-22(11-15(14)17-7-3-4-8-20-17)19(24)18-9-13-5-1-2-6-16(13)21-18/h1-9,14-15,21,23H,10-12H2/t14-,15+/m0/s1. The number of aromatic amines is 1. The van der Waals surface area contributed by atoms with E-state index >= 15 is 0 Å². The van der Waals surface area contributed by atoms with Gasteiger partial charge < -0.3 is 15.0 Å². The van der Waals surface area contributed by atoms with Crippen LogP contribution >= 0.6 is 0 Å². The van der Waals surface area contributed by atoms with Gasteiger partial charge in [0.1, 0.15) is 5.69 Å². The van der Waals surface area contributed by atoms with Gasteiger partial charge in [-0.2, -0.15) is 0 Å². The molecule has 1 saturated heterocycles. The van der Waals surface area contributed by atoms with E-state index < -0.39 is 0 Å². The average Bonchev–Trinajstić information content (AvgIpc) is 3.26.